The molecule has 0 saturated heterocycles. The zero-order valence-electron chi connectivity index (χ0n) is 10.6. The van der Waals surface area contributed by atoms with E-state index in [0.717, 1.165) is 24.7 Å². The van der Waals surface area contributed by atoms with Crippen molar-refractivity contribution in [2.45, 2.75) is 46.2 Å². The average molecular weight is 226 g/mol. The summed E-state index contributed by atoms with van der Waals surface area (Å²) >= 11 is 0. The highest BCUT2D eigenvalue weighted by Crippen LogP contribution is 2.13. The monoisotopic (exact) mass is 226 g/mol. The fourth-order valence-corrected chi connectivity index (χ4v) is 1.31. The van der Waals surface area contributed by atoms with Gasteiger partial charge in [0.1, 0.15) is 0 Å². The maximum Gasteiger partial charge on any atom is 0.150 e. The highest BCUT2D eigenvalue weighted by Gasteiger charge is 2.08. The van der Waals surface area contributed by atoms with Crippen molar-refractivity contribution in [2.75, 3.05) is 13.2 Å². The molecule has 1 N–H and O–H groups in total. The van der Waals surface area contributed by atoms with Gasteiger partial charge in [-0.05, 0) is 19.8 Å². The summed E-state index contributed by atoms with van der Waals surface area (Å²) < 4.78 is 10.5. The van der Waals surface area contributed by atoms with Crippen molar-refractivity contribution in [1.82, 2.24) is 10.5 Å². The summed E-state index contributed by atoms with van der Waals surface area (Å²) in [7, 11) is 0. The summed E-state index contributed by atoms with van der Waals surface area (Å²) in [4.78, 5) is 0. The topological polar surface area (TPSA) is 47.3 Å². The van der Waals surface area contributed by atoms with Gasteiger partial charge >= 0.3 is 0 Å². The minimum atomic E-state index is 0.326. The Labute approximate surface area is 97.3 Å². The molecule has 1 rings (SSSR count). The van der Waals surface area contributed by atoms with E-state index in [2.05, 4.69) is 31.2 Å². The van der Waals surface area contributed by atoms with Gasteiger partial charge in [0.25, 0.3) is 0 Å². The fraction of sp³-hybridized carbons (Fsp3) is 0.750. The normalized spacial score (nSPS) is 13.3. The van der Waals surface area contributed by atoms with Crippen molar-refractivity contribution in [3.8, 4) is 0 Å². The Bertz CT molecular complexity index is 297. The maximum atomic E-state index is 5.32. The molecule has 1 atom stereocenters. The van der Waals surface area contributed by atoms with Crippen molar-refractivity contribution in [1.29, 1.82) is 0 Å². The summed E-state index contributed by atoms with van der Waals surface area (Å²) in [5.74, 6) is 1.30. The van der Waals surface area contributed by atoms with E-state index in [1.165, 1.54) is 0 Å². The lowest BCUT2D eigenvalue weighted by Crippen LogP contribution is -2.29. The predicted octanol–water partition coefficient (Wildman–Crippen LogP) is 2.31. The first-order valence-corrected chi connectivity index (χ1v) is 5.90. The van der Waals surface area contributed by atoms with Crippen molar-refractivity contribution in [2.24, 2.45) is 0 Å². The minimum absolute atomic E-state index is 0.326. The first-order valence-electron chi connectivity index (χ1n) is 5.90. The van der Waals surface area contributed by atoms with Gasteiger partial charge in [-0.1, -0.05) is 19.0 Å². The molecule has 4 heteroatoms. The second-order valence-electron chi connectivity index (χ2n) is 4.31. The first kappa shape index (κ1) is 13.2. The van der Waals surface area contributed by atoms with E-state index in [4.69, 9.17) is 9.26 Å². The lowest BCUT2D eigenvalue weighted by atomic mass is 10.1. The van der Waals surface area contributed by atoms with Crippen LogP contribution in [0.15, 0.2) is 10.6 Å². The van der Waals surface area contributed by atoms with E-state index in [1.54, 1.807) is 0 Å². The summed E-state index contributed by atoms with van der Waals surface area (Å²) in [6.07, 6.45) is 0. The number of hydrogen-bond acceptors (Lipinski definition) is 4. The third-order valence-electron chi connectivity index (χ3n) is 2.37. The number of rotatable bonds is 7. The zero-order chi connectivity index (χ0) is 12.0. The van der Waals surface area contributed by atoms with Gasteiger partial charge in [-0.25, -0.2) is 0 Å². The third-order valence-corrected chi connectivity index (χ3v) is 2.37. The molecule has 16 heavy (non-hydrogen) atoms. The molecule has 0 aliphatic rings. The van der Waals surface area contributed by atoms with Gasteiger partial charge in [-0.15, -0.1) is 0 Å². The number of ether oxygens (including phenoxy) is 1. The molecule has 4 nitrogen and oxygen atoms in total. The number of nitrogens with zero attached hydrogens (tertiary/aromatic N) is 1. The summed E-state index contributed by atoms with van der Waals surface area (Å²) in [5.41, 5.74) is 1.01. The Morgan fingerprint density at radius 2 is 2.19 bits per heavy atom. The van der Waals surface area contributed by atoms with E-state index < -0.39 is 0 Å². The Morgan fingerprint density at radius 3 is 2.75 bits per heavy atom. The predicted molar refractivity (Wildman–Crippen MR) is 63.4 cm³/mol. The molecule has 0 saturated carbocycles. The van der Waals surface area contributed by atoms with Crippen LogP contribution in [0.5, 0.6) is 0 Å². The average Bonchev–Trinajstić information content (AvgIpc) is 2.72. The molecule has 0 spiro atoms. The molecular formula is C12H22N2O2. The number of nitrogens with one attached hydrogen (secondary N) is 1. The largest absolute Gasteiger partial charge is 0.380 e. The molecule has 1 heterocycles. The molecule has 0 aromatic carbocycles. The highest BCUT2D eigenvalue weighted by molar-refractivity contribution is 5.08. The van der Waals surface area contributed by atoms with Gasteiger partial charge in [-0.2, -0.15) is 0 Å². The number of aromatic nitrogens is 1. The van der Waals surface area contributed by atoms with Gasteiger partial charge in [0.15, 0.2) is 5.76 Å². The quantitative estimate of drug-likeness (QED) is 0.775. The molecule has 0 bridgehead atoms. The van der Waals surface area contributed by atoms with Crippen molar-refractivity contribution >= 4 is 0 Å². The molecule has 0 amide bonds. The van der Waals surface area contributed by atoms with Crippen LogP contribution in [-0.2, 0) is 11.3 Å². The number of hydrogen-bond donors (Lipinski definition) is 1. The third kappa shape index (κ3) is 4.33. The Hall–Kier alpha value is -0.870. The van der Waals surface area contributed by atoms with E-state index in [1.807, 2.05) is 13.0 Å². The van der Waals surface area contributed by atoms with Crippen LogP contribution in [0, 0.1) is 0 Å². The van der Waals surface area contributed by atoms with Gasteiger partial charge in [0, 0.05) is 18.7 Å². The summed E-state index contributed by atoms with van der Waals surface area (Å²) in [6.45, 7) is 10.5. The van der Waals surface area contributed by atoms with Crippen LogP contribution >= 0.6 is 0 Å². The van der Waals surface area contributed by atoms with Crippen LogP contribution in [-0.4, -0.2) is 24.4 Å². The van der Waals surface area contributed by atoms with Gasteiger partial charge in [0.2, 0.25) is 0 Å². The lowest BCUT2D eigenvalue weighted by Gasteiger charge is -2.11. The molecule has 0 fully saturated rings. The van der Waals surface area contributed by atoms with Crippen LogP contribution in [0.3, 0.4) is 0 Å². The van der Waals surface area contributed by atoms with Crippen molar-refractivity contribution < 1.29 is 9.26 Å². The maximum absolute atomic E-state index is 5.32. The van der Waals surface area contributed by atoms with Crippen molar-refractivity contribution in [3.05, 3.63) is 17.5 Å². The van der Waals surface area contributed by atoms with E-state index >= 15 is 0 Å². The summed E-state index contributed by atoms with van der Waals surface area (Å²) in [5, 5.41) is 7.34. The Kier molecular flexibility index (Phi) is 5.49. The standard InChI is InChI=1S/C12H22N2O2/c1-5-15-8-10(4)13-7-11-6-12(9(2)3)14-16-11/h6,9-10,13H,5,7-8H2,1-4H3. The Balaban J connectivity index is 2.31. The molecule has 0 radical (unpaired) electrons. The smallest absolute Gasteiger partial charge is 0.150 e. The highest BCUT2D eigenvalue weighted by atomic mass is 16.5. The Morgan fingerprint density at radius 1 is 1.44 bits per heavy atom. The molecule has 1 aromatic heterocycles. The van der Waals surface area contributed by atoms with Crippen LogP contribution in [0.2, 0.25) is 0 Å². The zero-order valence-corrected chi connectivity index (χ0v) is 10.6. The molecular weight excluding hydrogens is 204 g/mol. The van der Waals surface area contributed by atoms with Crippen LogP contribution in [0.1, 0.15) is 45.1 Å². The molecule has 0 aliphatic carbocycles. The fourth-order valence-electron chi connectivity index (χ4n) is 1.31. The van der Waals surface area contributed by atoms with Gasteiger partial charge in [0.05, 0.1) is 18.8 Å². The van der Waals surface area contributed by atoms with Crippen molar-refractivity contribution in [3.63, 3.8) is 0 Å². The molecule has 1 unspecified atom stereocenters. The second-order valence-corrected chi connectivity index (χ2v) is 4.31. The molecule has 1 aromatic rings. The van der Waals surface area contributed by atoms with Gasteiger partial charge in [-0.3, -0.25) is 0 Å². The van der Waals surface area contributed by atoms with Crippen LogP contribution in [0.25, 0.3) is 0 Å². The first-order chi connectivity index (χ1) is 7.63. The van der Waals surface area contributed by atoms with E-state index in [9.17, 15) is 0 Å². The van der Waals surface area contributed by atoms with E-state index in [-0.39, 0.29) is 0 Å². The minimum Gasteiger partial charge on any atom is -0.380 e. The molecule has 92 valence electrons. The van der Waals surface area contributed by atoms with Gasteiger partial charge < -0.3 is 14.6 Å². The lowest BCUT2D eigenvalue weighted by molar-refractivity contribution is 0.126. The SMILES string of the molecule is CCOCC(C)NCc1cc(C(C)C)no1. The van der Waals surface area contributed by atoms with Crippen LogP contribution in [0.4, 0.5) is 0 Å². The summed E-state index contributed by atoms with van der Waals surface area (Å²) in [6, 6.07) is 2.33. The van der Waals surface area contributed by atoms with Crippen LogP contribution < -0.4 is 5.32 Å². The second kappa shape index (κ2) is 6.66. The van der Waals surface area contributed by atoms with E-state index in [0.29, 0.717) is 18.5 Å². The molecule has 0 aliphatic heterocycles.